The van der Waals surface area contributed by atoms with Gasteiger partial charge in [0.2, 0.25) is 0 Å². The van der Waals surface area contributed by atoms with Crippen LogP contribution < -0.4 is 24.8 Å². The molecule has 3 rings (SSSR count). The minimum Gasteiger partial charge on any atom is -1.00 e. The second-order valence-electron chi connectivity index (χ2n) is 5.19. The van der Waals surface area contributed by atoms with Gasteiger partial charge in [0, 0.05) is 0 Å². The third-order valence-electron chi connectivity index (χ3n) is 4.01. The van der Waals surface area contributed by atoms with Crippen molar-refractivity contribution in [2.24, 2.45) is 11.8 Å². The second-order valence-corrected chi connectivity index (χ2v) is 9.00. The van der Waals surface area contributed by atoms with Crippen LogP contribution in [-0.4, -0.2) is 0 Å². The van der Waals surface area contributed by atoms with Crippen LogP contribution in [0.15, 0.2) is 45.3 Å². The van der Waals surface area contributed by atoms with Gasteiger partial charge in [-0.15, -0.1) is 0 Å². The average molecular weight is 360 g/mol. The van der Waals surface area contributed by atoms with Crippen LogP contribution in [0.1, 0.15) is 26.2 Å². The first kappa shape index (κ1) is 16.5. The molecule has 3 atom stereocenters. The van der Waals surface area contributed by atoms with Crippen LogP contribution in [0.2, 0.25) is 3.63 Å². The Labute approximate surface area is 134 Å². The van der Waals surface area contributed by atoms with Gasteiger partial charge in [-0.3, -0.25) is 0 Å². The van der Waals surface area contributed by atoms with Crippen molar-refractivity contribution in [2.75, 3.05) is 0 Å². The summed E-state index contributed by atoms with van der Waals surface area (Å²) in [6, 6.07) is 0. The molecule has 0 aromatic rings. The number of hydrogen-bond acceptors (Lipinski definition) is 0. The van der Waals surface area contributed by atoms with E-state index in [1.54, 1.807) is 3.28 Å². The van der Waals surface area contributed by atoms with Crippen molar-refractivity contribution in [3.63, 3.8) is 0 Å². The number of allylic oxidation sites excluding steroid dienone is 8. The van der Waals surface area contributed by atoms with E-state index in [4.69, 9.17) is 0 Å². The third-order valence-corrected chi connectivity index (χ3v) is 8.82. The Morgan fingerprint density at radius 1 is 1.11 bits per heavy atom. The standard InChI is InChI=1S/C10H13.C5H5.2ClH.Zr/c1-8-6-9-4-2-3-5-10(9)7-8;1-2-4-5-3-1;;;/h2-4,6,8,10H,5,7H2,1H3;1-3H,4H2;2*1H;/q;;;;+2/p-2. The van der Waals surface area contributed by atoms with Crippen LogP contribution in [0.5, 0.6) is 0 Å². The monoisotopic (exact) mass is 358 g/mol. The fraction of sp³-hybridized carbons (Fsp3) is 0.467. The molecule has 0 aromatic heterocycles. The number of halogens is 2. The smallest absolute Gasteiger partial charge is 1.00 e. The molecule has 0 spiro atoms. The quantitative estimate of drug-likeness (QED) is 0.548. The molecule has 0 aliphatic heterocycles. The van der Waals surface area contributed by atoms with Gasteiger partial charge >= 0.3 is 110 Å². The second kappa shape index (κ2) is 7.27. The Kier molecular flexibility index (Phi) is 6.66. The van der Waals surface area contributed by atoms with Gasteiger partial charge in [0.1, 0.15) is 0 Å². The molecule has 0 saturated heterocycles. The number of rotatable bonds is 2. The maximum atomic E-state index is 2.48. The normalized spacial score (nSPS) is 31.7. The molecule has 0 N–H and O–H groups in total. The fourth-order valence-corrected chi connectivity index (χ4v) is 7.47. The summed E-state index contributed by atoms with van der Waals surface area (Å²) in [5.74, 6) is 1.85. The molecule has 0 radical (unpaired) electrons. The summed E-state index contributed by atoms with van der Waals surface area (Å²) in [5, 5.41) is 0. The van der Waals surface area contributed by atoms with Gasteiger partial charge in [-0.2, -0.15) is 0 Å². The van der Waals surface area contributed by atoms with E-state index in [9.17, 15) is 0 Å². The predicted molar refractivity (Wildman–Crippen MR) is 64.7 cm³/mol. The van der Waals surface area contributed by atoms with Gasteiger partial charge < -0.3 is 24.8 Å². The Morgan fingerprint density at radius 2 is 1.89 bits per heavy atom. The molecule has 18 heavy (non-hydrogen) atoms. The minimum atomic E-state index is -0.355. The SMILES string of the molecule is CC1CC2CC=CC=C2[CH]1[Zr+2][C]1=CC=CC1.[Cl-].[Cl-]. The first-order valence-corrected chi connectivity index (χ1v) is 8.98. The Hall–Kier alpha value is 0.423. The topological polar surface area (TPSA) is 0 Å². The van der Waals surface area contributed by atoms with E-state index >= 15 is 0 Å². The Bertz CT molecular complexity index is 407. The van der Waals surface area contributed by atoms with Crippen molar-refractivity contribution in [1.29, 1.82) is 0 Å². The molecule has 0 bridgehead atoms. The molecule has 0 aromatic carbocycles. The van der Waals surface area contributed by atoms with Gasteiger partial charge in [0.25, 0.3) is 0 Å². The first-order valence-electron chi connectivity index (χ1n) is 6.33. The molecular formula is C15H18Cl2Zr. The van der Waals surface area contributed by atoms with Crippen molar-refractivity contribution in [3.8, 4) is 0 Å². The zero-order valence-electron chi connectivity index (χ0n) is 10.6. The van der Waals surface area contributed by atoms with Gasteiger partial charge in [0.05, 0.1) is 0 Å². The molecular weight excluding hydrogens is 342 g/mol. The molecule has 0 amide bonds. The van der Waals surface area contributed by atoms with Gasteiger partial charge in [-0.05, 0) is 0 Å². The van der Waals surface area contributed by atoms with E-state index in [1.807, 2.05) is 5.57 Å². The summed E-state index contributed by atoms with van der Waals surface area (Å²) >= 11 is -0.355. The third kappa shape index (κ3) is 3.30. The van der Waals surface area contributed by atoms with E-state index in [0.717, 1.165) is 15.5 Å². The summed E-state index contributed by atoms with van der Waals surface area (Å²) in [4.78, 5) is 0. The van der Waals surface area contributed by atoms with Gasteiger partial charge in [-0.1, -0.05) is 0 Å². The number of fused-ring (bicyclic) bond motifs is 1. The molecule has 1 fully saturated rings. The van der Waals surface area contributed by atoms with Gasteiger partial charge in [-0.25, -0.2) is 0 Å². The zero-order valence-corrected chi connectivity index (χ0v) is 14.5. The van der Waals surface area contributed by atoms with E-state index in [1.165, 1.54) is 19.3 Å². The summed E-state index contributed by atoms with van der Waals surface area (Å²) in [5.41, 5.74) is 1.81. The van der Waals surface area contributed by atoms with Crippen molar-refractivity contribution >= 4 is 0 Å². The fourth-order valence-electron chi connectivity index (χ4n) is 3.18. The molecule has 96 valence electrons. The van der Waals surface area contributed by atoms with Gasteiger partial charge in [0.15, 0.2) is 0 Å². The maximum Gasteiger partial charge on any atom is -1.00 e. The Balaban J connectivity index is 0.000000810. The van der Waals surface area contributed by atoms with Crippen LogP contribution in [0.25, 0.3) is 0 Å². The van der Waals surface area contributed by atoms with Crippen LogP contribution >= 0.6 is 0 Å². The van der Waals surface area contributed by atoms with Crippen molar-refractivity contribution in [3.05, 3.63) is 45.3 Å². The van der Waals surface area contributed by atoms with E-state index in [0.29, 0.717) is 0 Å². The molecule has 3 heteroatoms. The Morgan fingerprint density at radius 3 is 2.61 bits per heavy atom. The molecule has 3 aliphatic carbocycles. The maximum absolute atomic E-state index is 2.48. The zero-order chi connectivity index (χ0) is 11.0. The predicted octanol–water partition coefficient (Wildman–Crippen LogP) is -1.75. The van der Waals surface area contributed by atoms with E-state index < -0.39 is 0 Å². The summed E-state index contributed by atoms with van der Waals surface area (Å²) in [6.45, 7) is 2.48. The summed E-state index contributed by atoms with van der Waals surface area (Å²) in [6.07, 6.45) is 18.1. The van der Waals surface area contributed by atoms with Crippen molar-refractivity contribution in [2.45, 2.75) is 29.8 Å². The molecule has 0 nitrogen and oxygen atoms in total. The van der Waals surface area contributed by atoms with E-state index in [2.05, 4.69) is 43.4 Å². The average Bonchev–Trinajstić information content (AvgIpc) is 2.89. The van der Waals surface area contributed by atoms with Crippen molar-refractivity contribution in [1.82, 2.24) is 0 Å². The molecule has 1 saturated carbocycles. The molecule has 3 aliphatic rings. The summed E-state index contributed by atoms with van der Waals surface area (Å²) < 4.78 is 2.79. The van der Waals surface area contributed by atoms with Crippen LogP contribution in [0, 0.1) is 11.8 Å². The summed E-state index contributed by atoms with van der Waals surface area (Å²) in [7, 11) is 0. The van der Waals surface area contributed by atoms with Crippen LogP contribution in [-0.2, 0) is 23.2 Å². The first-order chi connectivity index (χ1) is 7.84. The molecule has 0 heterocycles. The van der Waals surface area contributed by atoms with E-state index in [-0.39, 0.29) is 48.0 Å². The number of hydrogen-bond donors (Lipinski definition) is 0. The minimum absolute atomic E-state index is 0. The van der Waals surface area contributed by atoms with Crippen LogP contribution in [0.3, 0.4) is 0 Å². The van der Waals surface area contributed by atoms with Crippen LogP contribution in [0.4, 0.5) is 0 Å². The van der Waals surface area contributed by atoms with Crippen molar-refractivity contribution < 1.29 is 48.0 Å². The molecule has 3 unspecified atom stereocenters. The largest absolute Gasteiger partial charge is 1.00 e.